The average Bonchev–Trinajstić information content (AvgIpc) is 2.26. The molecular formula is C10H14N2O4. The van der Waals surface area contributed by atoms with Crippen molar-refractivity contribution in [3.8, 4) is 0 Å². The van der Waals surface area contributed by atoms with Crippen LogP contribution in [0.3, 0.4) is 0 Å². The number of nitro groups is 1. The van der Waals surface area contributed by atoms with Crippen LogP contribution in [0.2, 0.25) is 0 Å². The van der Waals surface area contributed by atoms with E-state index in [9.17, 15) is 20.3 Å². The van der Waals surface area contributed by atoms with Crippen molar-refractivity contribution in [2.45, 2.75) is 19.1 Å². The molecule has 0 aromatic heterocycles. The van der Waals surface area contributed by atoms with Crippen molar-refractivity contribution in [2.75, 3.05) is 6.54 Å². The lowest BCUT2D eigenvalue weighted by atomic mass is 10.0. The quantitative estimate of drug-likeness (QED) is 0.503. The van der Waals surface area contributed by atoms with Gasteiger partial charge < -0.3 is 15.9 Å². The summed E-state index contributed by atoms with van der Waals surface area (Å²) in [7, 11) is 0. The van der Waals surface area contributed by atoms with Crippen LogP contribution >= 0.6 is 0 Å². The zero-order chi connectivity index (χ0) is 12.3. The van der Waals surface area contributed by atoms with Crippen LogP contribution in [0.4, 0.5) is 5.69 Å². The Bertz CT molecular complexity index is 394. The van der Waals surface area contributed by atoms with E-state index in [0.29, 0.717) is 11.1 Å². The first kappa shape index (κ1) is 12.6. The van der Waals surface area contributed by atoms with Gasteiger partial charge in [-0.15, -0.1) is 0 Å². The molecule has 4 N–H and O–H groups in total. The largest absolute Gasteiger partial charge is 0.389 e. The third kappa shape index (κ3) is 2.75. The predicted molar refractivity (Wildman–Crippen MR) is 57.9 cm³/mol. The smallest absolute Gasteiger partial charge is 0.270 e. The van der Waals surface area contributed by atoms with Crippen molar-refractivity contribution in [3.05, 3.63) is 39.4 Å². The fourth-order valence-corrected chi connectivity index (χ4v) is 1.42. The number of aliphatic hydroxyl groups excluding tert-OH is 2. The Morgan fingerprint density at radius 3 is 2.56 bits per heavy atom. The molecule has 2 atom stereocenters. The topological polar surface area (TPSA) is 110 Å². The maximum Gasteiger partial charge on any atom is 0.270 e. The molecule has 0 spiro atoms. The van der Waals surface area contributed by atoms with E-state index in [-0.39, 0.29) is 12.2 Å². The van der Waals surface area contributed by atoms with Crippen molar-refractivity contribution in [1.82, 2.24) is 0 Å². The molecular weight excluding hydrogens is 212 g/mol. The second-order valence-electron chi connectivity index (χ2n) is 3.61. The van der Waals surface area contributed by atoms with E-state index in [1.807, 2.05) is 0 Å². The molecule has 0 fully saturated rings. The molecule has 6 heteroatoms. The Morgan fingerprint density at radius 1 is 1.44 bits per heavy atom. The van der Waals surface area contributed by atoms with Gasteiger partial charge in [0, 0.05) is 18.7 Å². The van der Waals surface area contributed by atoms with Gasteiger partial charge in [-0.3, -0.25) is 10.1 Å². The molecule has 6 nitrogen and oxygen atoms in total. The molecule has 0 aliphatic rings. The first-order valence-electron chi connectivity index (χ1n) is 4.78. The van der Waals surface area contributed by atoms with Crippen LogP contribution in [0, 0.1) is 17.0 Å². The van der Waals surface area contributed by atoms with Crippen LogP contribution in [0.5, 0.6) is 0 Å². The molecule has 16 heavy (non-hydrogen) atoms. The van der Waals surface area contributed by atoms with Gasteiger partial charge in [-0.2, -0.15) is 0 Å². The van der Waals surface area contributed by atoms with Gasteiger partial charge in [-0.25, -0.2) is 0 Å². The van der Waals surface area contributed by atoms with Crippen molar-refractivity contribution in [3.63, 3.8) is 0 Å². The normalized spacial score (nSPS) is 14.5. The zero-order valence-corrected chi connectivity index (χ0v) is 8.83. The highest BCUT2D eigenvalue weighted by Crippen LogP contribution is 2.23. The van der Waals surface area contributed by atoms with E-state index in [0.717, 1.165) is 0 Å². The molecule has 0 amide bonds. The minimum Gasteiger partial charge on any atom is -0.389 e. The minimum absolute atomic E-state index is 0.108. The van der Waals surface area contributed by atoms with E-state index in [2.05, 4.69) is 0 Å². The summed E-state index contributed by atoms with van der Waals surface area (Å²) in [6, 6.07) is 4.21. The number of aliphatic hydroxyl groups is 2. The summed E-state index contributed by atoms with van der Waals surface area (Å²) >= 11 is 0. The Kier molecular flexibility index (Phi) is 3.94. The number of non-ortho nitro benzene ring substituents is 1. The summed E-state index contributed by atoms with van der Waals surface area (Å²) in [5, 5.41) is 29.6. The lowest BCUT2D eigenvalue weighted by Gasteiger charge is -2.16. The first-order valence-corrected chi connectivity index (χ1v) is 4.78. The molecule has 0 radical (unpaired) electrons. The fraction of sp³-hybridized carbons (Fsp3) is 0.400. The number of nitro benzene ring substituents is 1. The van der Waals surface area contributed by atoms with Gasteiger partial charge in [0.2, 0.25) is 0 Å². The number of aryl methyl sites for hydroxylation is 1. The van der Waals surface area contributed by atoms with E-state index >= 15 is 0 Å². The molecule has 1 aromatic carbocycles. The lowest BCUT2D eigenvalue weighted by Crippen LogP contribution is -2.27. The predicted octanol–water partition coefficient (Wildman–Crippen LogP) is 0.256. The monoisotopic (exact) mass is 226 g/mol. The molecule has 1 aromatic rings. The van der Waals surface area contributed by atoms with Crippen LogP contribution in [-0.2, 0) is 0 Å². The van der Waals surface area contributed by atoms with Crippen molar-refractivity contribution in [1.29, 1.82) is 0 Å². The van der Waals surface area contributed by atoms with E-state index in [1.54, 1.807) is 13.0 Å². The Hall–Kier alpha value is -1.50. The third-order valence-corrected chi connectivity index (χ3v) is 2.24. The Morgan fingerprint density at radius 2 is 2.06 bits per heavy atom. The summed E-state index contributed by atoms with van der Waals surface area (Å²) in [4.78, 5) is 10.1. The molecule has 0 aliphatic carbocycles. The highest BCUT2D eigenvalue weighted by Gasteiger charge is 2.19. The van der Waals surface area contributed by atoms with Gasteiger partial charge in [0.05, 0.1) is 11.0 Å². The number of nitrogens with zero attached hydrogens (tertiary/aromatic N) is 1. The number of hydrogen-bond donors (Lipinski definition) is 3. The van der Waals surface area contributed by atoms with Gasteiger partial charge in [0.25, 0.3) is 5.69 Å². The van der Waals surface area contributed by atoms with E-state index in [1.165, 1.54) is 12.1 Å². The maximum atomic E-state index is 10.6. The number of hydrogen-bond acceptors (Lipinski definition) is 5. The highest BCUT2D eigenvalue weighted by molar-refractivity contribution is 5.40. The summed E-state index contributed by atoms with van der Waals surface area (Å²) in [5.41, 5.74) is 6.03. The second kappa shape index (κ2) is 5.02. The Balaban J connectivity index is 3.09. The third-order valence-electron chi connectivity index (χ3n) is 2.24. The highest BCUT2D eigenvalue weighted by atomic mass is 16.6. The number of benzene rings is 1. The maximum absolute atomic E-state index is 10.6. The first-order chi connectivity index (χ1) is 7.45. The molecule has 0 bridgehead atoms. The summed E-state index contributed by atoms with van der Waals surface area (Å²) < 4.78 is 0. The molecule has 1 rings (SSSR count). The van der Waals surface area contributed by atoms with Gasteiger partial charge >= 0.3 is 0 Å². The minimum atomic E-state index is -1.21. The second-order valence-corrected chi connectivity index (χ2v) is 3.61. The van der Waals surface area contributed by atoms with Crippen molar-refractivity contribution in [2.24, 2.45) is 5.73 Å². The van der Waals surface area contributed by atoms with E-state index in [4.69, 9.17) is 5.73 Å². The summed E-state index contributed by atoms with van der Waals surface area (Å²) in [6.45, 7) is 1.57. The zero-order valence-electron chi connectivity index (χ0n) is 8.83. The fourth-order valence-electron chi connectivity index (χ4n) is 1.42. The summed E-state index contributed by atoms with van der Waals surface area (Å²) in [5.74, 6) is 0. The average molecular weight is 226 g/mol. The Labute approximate surface area is 92.5 Å². The van der Waals surface area contributed by atoms with E-state index < -0.39 is 17.1 Å². The number of nitrogens with two attached hydrogens (primary N) is 1. The summed E-state index contributed by atoms with van der Waals surface area (Å²) in [6.07, 6.45) is -2.33. The van der Waals surface area contributed by atoms with Crippen molar-refractivity contribution < 1.29 is 15.1 Å². The molecule has 0 heterocycles. The van der Waals surface area contributed by atoms with Crippen molar-refractivity contribution >= 4 is 5.69 Å². The molecule has 0 saturated heterocycles. The van der Waals surface area contributed by atoms with Gasteiger partial charge in [-0.05, 0) is 18.1 Å². The van der Waals surface area contributed by atoms with Crippen LogP contribution in [0.1, 0.15) is 17.2 Å². The van der Waals surface area contributed by atoms with Crippen LogP contribution in [0.15, 0.2) is 18.2 Å². The molecule has 0 aliphatic heterocycles. The molecule has 88 valence electrons. The number of rotatable bonds is 4. The van der Waals surface area contributed by atoms with Gasteiger partial charge in [0.1, 0.15) is 6.10 Å². The van der Waals surface area contributed by atoms with Gasteiger partial charge in [0.15, 0.2) is 0 Å². The lowest BCUT2D eigenvalue weighted by molar-refractivity contribution is -0.385. The molecule has 0 saturated carbocycles. The molecule has 2 unspecified atom stereocenters. The van der Waals surface area contributed by atoms with Gasteiger partial charge in [-0.1, -0.05) is 6.07 Å². The standard InChI is InChI=1S/C10H14N2O4/c1-6-2-7(10(14)9(13)5-11)4-8(3-6)12(15)16/h2-4,9-10,13-14H,5,11H2,1H3. The van der Waals surface area contributed by atoms with Crippen LogP contribution in [-0.4, -0.2) is 27.8 Å². The SMILES string of the molecule is Cc1cc(C(O)C(O)CN)cc([N+](=O)[O-])c1. The van der Waals surface area contributed by atoms with Crippen LogP contribution in [0.25, 0.3) is 0 Å². The van der Waals surface area contributed by atoms with Crippen LogP contribution < -0.4 is 5.73 Å².